The number of aromatic nitrogens is 2. The number of benzene rings is 1. The summed E-state index contributed by atoms with van der Waals surface area (Å²) in [5.74, 6) is 0.882. The van der Waals surface area contributed by atoms with E-state index >= 15 is 0 Å². The van der Waals surface area contributed by atoms with Crippen LogP contribution < -0.4 is 9.47 Å². The molecule has 0 unspecified atom stereocenters. The third-order valence-electron chi connectivity index (χ3n) is 2.18. The molecule has 2 rings (SSSR count). The average molecular weight is 296 g/mol. The molecule has 19 heavy (non-hydrogen) atoms. The molecule has 2 aromatic rings. The fraction of sp³-hybridized carbons (Fsp3) is 0.0833. The zero-order valence-electron chi connectivity index (χ0n) is 9.72. The smallest absolute Gasteiger partial charge is 0.242 e. The van der Waals surface area contributed by atoms with Gasteiger partial charge in [0.1, 0.15) is 5.02 Å². The predicted molar refractivity (Wildman–Crippen MR) is 69.8 cm³/mol. The highest BCUT2D eigenvalue weighted by molar-refractivity contribution is 6.32. The van der Waals surface area contributed by atoms with Crippen LogP contribution in [0, 0.1) is 11.3 Å². The van der Waals surface area contributed by atoms with Crippen LogP contribution in [0.3, 0.4) is 0 Å². The summed E-state index contributed by atoms with van der Waals surface area (Å²) < 4.78 is 10.6. The molecule has 0 aliphatic carbocycles. The van der Waals surface area contributed by atoms with Crippen LogP contribution in [0.5, 0.6) is 17.4 Å². The zero-order chi connectivity index (χ0) is 13.8. The molecule has 96 valence electrons. The number of nitrogens with zero attached hydrogens (tertiary/aromatic N) is 3. The van der Waals surface area contributed by atoms with Crippen LogP contribution in [0.15, 0.2) is 24.4 Å². The standard InChI is InChI=1S/C12H7Cl2N3O2/c1-18-10-4-7(5-15)2-3-9(10)19-11-8(13)6-16-12(14)17-11/h2-4,6H,1H3. The lowest BCUT2D eigenvalue weighted by atomic mass is 10.2. The maximum Gasteiger partial charge on any atom is 0.242 e. The van der Waals surface area contributed by atoms with Crippen molar-refractivity contribution in [3.63, 3.8) is 0 Å². The Kier molecular flexibility index (Phi) is 4.05. The normalized spacial score (nSPS) is 9.79. The van der Waals surface area contributed by atoms with E-state index in [0.717, 1.165) is 0 Å². The highest BCUT2D eigenvalue weighted by Gasteiger charge is 2.11. The van der Waals surface area contributed by atoms with Gasteiger partial charge in [-0.25, -0.2) is 4.98 Å². The monoisotopic (exact) mass is 295 g/mol. The van der Waals surface area contributed by atoms with Crippen molar-refractivity contribution in [2.75, 3.05) is 7.11 Å². The van der Waals surface area contributed by atoms with Gasteiger partial charge in [-0.3, -0.25) is 0 Å². The maximum atomic E-state index is 8.81. The Morgan fingerprint density at radius 2 is 2.05 bits per heavy atom. The van der Waals surface area contributed by atoms with Crippen LogP contribution in [0.25, 0.3) is 0 Å². The number of hydrogen-bond acceptors (Lipinski definition) is 5. The second-order valence-electron chi connectivity index (χ2n) is 3.37. The minimum absolute atomic E-state index is 0.0204. The van der Waals surface area contributed by atoms with Crippen LogP contribution in [0.4, 0.5) is 0 Å². The molecule has 0 atom stereocenters. The topological polar surface area (TPSA) is 68.0 Å². The van der Waals surface area contributed by atoms with Crippen molar-refractivity contribution in [2.24, 2.45) is 0 Å². The van der Waals surface area contributed by atoms with Gasteiger partial charge in [0.2, 0.25) is 11.2 Å². The van der Waals surface area contributed by atoms with Crippen LogP contribution >= 0.6 is 23.2 Å². The van der Waals surface area contributed by atoms with Gasteiger partial charge in [0, 0.05) is 6.07 Å². The van der Waals surface area contributed by atoms with Crippen molar-refractivity contribution in [3.8, 4) is 23.4 Å². The molecule has 0 N–H and O–H groups in total. The molecule has 7 heteroatoms. The fourth-order valence-corrected chi connectivity index (χ4v) is 1.58. The molecule has 0 radical (unpaired) electrons. The van der Waals surface area contributed by atoms with Crippen LogP contribution in [-0.4, -0.2) is 17.1 Å². The largest absolute Gasteiger partial charge is 0.493 e. The first kappa shape index (κ1) is 13.4. The summed E-state index contributed by atoms with van der Waals surface area (Å²) in [5, 5.41) is 9.05. The van der Waals surface area contributed by atoms with Crippen molar-refractivity contribution < 1.29 is 9.47 Å². The van der Waals surface area contributed by atoms with E-state index in [4.69, 9.17) is 37.9 Å². The van der Waals surface area contributed by atoms with Crippen molar-refractivity contribution >= 4 is 23.2 Å². The summed E-state index contributed by atoms with van der Waals surface area (Å²) in [4.78, 5) is 7.58. The Bertz CT molecular complexity index is 656. The summed E-state index contributed by atoms with van der Waals surface area (Å²) in [6, 6.07) is 6.73. The average Bonchev–Trinajstić information content (AvgIpc) is 2.43. The molecule has 1 aromatic carbocycles. The molecule has 0 amide bonds. The predicted octanol–water partition coefficient (Wildman–Crippen LogP) is 3.46. The number of methoxy groups -OCH3 is 1. The maximum absolute atomic E-state index is 8.81. The summed E-state index contributed by atoms with van der Waals surface area (Å²) in [6.07, 6.45) is 1.34. The fourth-order valence-electron chi connectivity index (χ4n) is 1.33. The number of hydrogen-bond donors (Lipinski definition) is 0. The van der Waals surface area contributed by atoms with E-state index in [1.54, 1.807) is 18.2 Å². The summed E-state index contributed by atoms with van der Waals surface area (Å²) in [6.45, 7) is 0. The molecular formula is C12H7Cl2N3O2. The van der Waals surface area contributed by atoms with E-state index in [0.29, 0.717) is 17.1 Å². The van der Waals surface area contributed by atoms with Crippen molar-refractivity contribution in [2.45, 2.75) is 0 Å². The molecule has 5 nitrogen and oxygen atoms in total. The van der Waals surface area contributed by atoms with Gasteiger partial charge in [0.05, 0.1) is 24.9 Å². The number of nitriles is 1. The molecule has 0 fully saturated rings. The Balaban J connectivity index is 2.38. The van der Waals surface area contributed by atoms with E-state index < -0.39 is 0 Å². The lowest BCUT2D eigenvalue weighted by Crippen LogP contribution is -1.94. The van der Waals surface area contributed by atoms with Gasteiger partial charge in [0.15, 0.2) is 11.5 Å². The highest BCUT2D eigenvalue weighted by atomic mass is 35.5. The Hall–Kier alpha value is -2.03. The summed E-state index contributed by atoms with van der Waals surface area (Å²) >= 11 is 11.6. The third kappa shape index (κ3) is 3.05. The molecule has 0 bridgehead atoms. The Labute approximate surface area is 119 Å². The molecule has 0 aliphatic rings. The quantitative estimate of drug-likeness (QED) is 0.811. The van der Waals surface area contributed by atoms with Gasteiger partial charge in [0.25, 0.3) is 0 Å². The molecule has 0 aliphatic heterocycles. The van der Waals surface area contributed by atoms with Gasteiger partial charge in [-0.1, -0.05) is 11.6 Å². The van der Waals surface area contributed by atoms with Crippen LogP contribution in [-0.2, 0) is 0 Å². The van der Waals surface area contributed by atoms with Gasteiger partial charge in [-0.2, -0.15) is 10.2 Å². The van der Waals surface area contributed by atoms with Crippen molar-refractivity contribution in [3.05, 3.63) is 40.3 Å². The Morgan fingerprint density at radius 1 is 1.26 bits per heavy atom. The van der Waals surface area contributed by atoms with Crippen molar-refractivity contribution in [1.29, 1.82) is 5.26 Å². The number of ether oxygens (including phenoxy) is 2. The summed E-state index contributed by atoms with van der Waals surface area (Å²) in [5.41, 5.74) is 0.455. The molecule has 1 aromatic heterocycles. The van der Waals surface area contributed by atoms with Crippen LogP contribution in [0.1, 0.15) is 5.56 Å². The first-order valence-corrected chi connectivity index (χ1v) is 5.83. The second kappa shape index (κ2) is 5.74. The van der Waals surface area contributed by atoms with E-state index in [-0.39, 0.29) is 16.2 Å². The number of halogens is 2. The minimum atomic E-state index is 0.0204. The van der Waals surface area contributed by atoms with Crippen molar-refractivity contribution in [1.82, 2.24) is 9.97 Å². The van der Waals surface area contributed by atoms with Crippen LogP contribution in [0.2, 0.25) is 10.3 Å². The first-order valence-electron chi connectivity index (χ1n) is 5.08. The van der Waals surface area contributed by atoms with Gasteiger partial charge in [-0.15, -0.1) is 0 Å². The molecule has 0 saturated heterocycles. The van der Waals surface area contributed by atoms with E-state index in [1.165, 1.54) is 13.3 Å². The first-order chi connectivity index (χ1) is 9.13. The van der Waals surface area contributed by atoms with E-state index in [2.05, 4.69) is 9.97 Å². The SMILES string of the molecule is COc1cc(C#N)ccc1Oc1nc(Cl)ncc1Cl. The molecule has 0 spiro atoms. The lowest BCUT2D eigenvalue weighted by molar-refractivity contribution is 0.374. The van der Waals surface area contributed by atoms with Gasteiger partial charge < -0.3 is 9.47 Å². The van der Waals surface area contributed by atoms with Gasteiger partial charge >= 0.3 is 0 Å². The summed E-state index contributed by atoms with van der Waals surface area (Å²) in [7, 11) is 1.47. The van der Waals surface area contributed by atoms with Gasteiger partial charge in [-0.05, 0) is 23.7 Å². The van der Waals surface area contributed by atoms with E-state index in [1.807, 2.05) is 6.07 Å². The minimum Gasteiger partial charge on any atom is -0.493 e. The molecule has 0 saturated carbocycles. The second-order valence-corrected chi connectivity index (χ2v) is 4.12. The molecule has 1 heterocycles. The Morgan fingerprint density at radius 3 is 2.74 bits per heavy atom. The zero-order valence-corrected chi connectivity index (χ0v) is 11.2. The highest BCUT2D eigenvalue weighted by Crippen LogP contribution is 2.34. The number of rotatable bonds is 3. The van der Waals surface area contributed by atoms with E-state index in [9.17, 15) is 0 Å². The molecular weight excluding hydrogens is 289 g/mol. The lowest BCUT2D eigenvalue weighted by Gasteiger charge is -2.10. The third-order valence-corrected chi connectivity index (χ3v) is 2.62.